The topological polar surface area (TPSA) is 85.0 Å². The summed E-state index contributed by atoms with van der Waals surface area (Å²) < 4.78 is 5.22. The van der Waals surface area contributed by atoms with Crippen molar-refractivity contribution in [3.63, 3.8) is 0 Å². The lowest BCUT2D eigenvalue weighted by atomic mass is 10.2. The van der Waals surface area contributed by atoms with Gasteiger partial charge in [0.25, 0.3) is 5.91 Å². The van der Waals surface area contributed by atoms with Gasteiger partial charge < -0.3 is 9.42 Å². The van der Waals surface area contributed by atoms with Gasteiger partial charge in [0.1, 0.15) is 0 Å². The lowest BCUT2D eigenvalue weighted by molar-refractivity contribution is 0.0768. The highest BCUT2D eigenvalue weighted by Gasteiger charge is 2.17. The molecule has 0 saturated heterocycles. The van der Waals surface area contributed by atoms with Gasteiger partial charge >= 0.3 is 0 Å². The summed E-state index contributed by atoms with van der Waals surface area (Å²) in [7, 11) is 1.66. The summed E-state index contributed by atoms with van der Waals surface area (Å²) in [5.41, 5.74) is 1.28. The Labute approximate surface area is 143 Å². The smallest absolute Gasteiger partial charge is 0.257 e. The number of aromatic nitrogens is 4. The van der Waals surface area contributed by atoms with Crippen molar-refractivity contribution in [2.24, 2.45) is 0 Å². The Bertz CT molecular complexity index is 820. The van der Waals surface area contributed by atoms with Gasteiger partial charge in [0.2, 0.25) is 11.7 Å². The van der Waals surface area contributed by atoms with E-state index in [0.717, 1.165) is 5.56 Å². The minimum Gasteiger partial charge on any atom is -0.337 e. The SMILES string of the molecule is CSc1ncc(C(=O)N(C)Cc2nc(-c3ccccc3)no2)cn1. The molecule has 3 aromatic rings. The standard InChI is InChI=1S/C16H15N5O2S/c1-21(15(22)12-8-17-16(24-2)18-9-12)10-13-19-14(20-23-13)11-6-4-3-5-7-11/h3-9H,10H2,1-2H3. The highest BCUT2D eigenvalue weighted by Crippen LogP contribution is 2.16. The van der Waals surface area contributed by atoms with Crippen LogP contribution in [-0.4, -0.2) is 44.2 Å². The zero-order chi connectivity index (χ0) is 16.9. The Morgan fingerprint density at radius 1 is 1.21 bits per heavy atom. The molecule has 3 rings (SSSR count). The number of nitrogens with zero attached hydrogens (tertiary/aromatic N) is 5. The molecular formula is C16H15N5O2S. The Morgan fingerprint density at radius 3 is 2.58 bits per heavy atom. The number of carbonyl (C=O) groups excluding carboxylic acids is 1. The number of hydrogen-bond donors (Lipinski definition) is 0. The number of thioether (sulfide) groups is 1. The van der Waals surface area contributed by atoms with Crippen molar-refractivity contribution in [1.82, 2.24) is 25.0 Å². The van der Waals surface area contributed by atoms with Crippen molar-refractivity contribution in [2.75, 3.05) is 13.3 Å². The Morgan fingerprint density at radius 2 is 1.92 bits per heavy atom. The van der Waals surface area contributed by atoms with E-state index in [2.05, 4.69) is 20.1 Å². The highest BCUT2D eigenvalue weighted by molar-refractivity contribution is 7.98. The predicted molar refractivity (Wildman–Crippen MR) is 89.3 cm³/mol. The van der Waals surface area contributed by atoms with E-state index in [1.165, 1.54) is 29.1 Å². The molecule has 0 aliphatic rings. The summed E-state index contributed by atoms with van der Waals surface area (Å²) in [6.07, 6.45) is 4.91. The fourth-order valence-electron chi connectivity index (χ4n) is 2.05. The first-order valence-corrected chi connectivity index (χ1v) is 8.39. The van der Waals surface area contributed by atoms with E-state index in [1.807, 2.05) is 36.6 Å². The summed E-state index contributed by atoms with van der Waals surface area (Å²) in [6.45, 7) is 0.211. The van der Waals surface area contributed by atoms with Gasteiger partial charge in [-0.3, -0.25) is 4.79 Å². The lowest BCUT2D eigenvalue weighted by Crippen LogP contribution is -2.26. The predicted octanol–water partition coefficient (Wildman–Crippen LogP) is 2.52. The first kappa shape index (κ1) is 16.1. The van der Waals surface area contributed by atoms with Crippen LogP contribution in [0.15, 0.2) is 52.4 Å². The van der Waals surface area contributed by atoms with E-state index in [1.54, 1.807) is 7.05 Å². The Hall–Kier alpha value is -2.74. The summed E-state index contributed by atoms with van der Waals surface area (Å²) in [5, 5.41) is 4.57. The maximum atomic E-state index is 12.4. The fraction of sp³-hybridized carbons (Fsp3) is 0.188. The number of hydrogen-bond acceptors (Lipinski definition) is 7. The van der Waals surface area contributed by atoms with Crippen LogP contribution < -0.4 is 0 Å². The van der Waals surface area contributed by atoms with Crippen LogP contribution in [0.25, 0.3) is 11.4 Å². The minimum absolute atomic E-state index is 0.206. The van der Waals surface area contributed by atoms with E-state index < -0.39 is 0 Å². The third-order valence-corrected chi connectivity index (χ3v) is 3.85. The van der Waals surface area contributed by atoms with E-state index in [0.29, 0.717) is 22.4 Å². The molecule has 8 heteroatoms. The largest absolute Gasteiger partial charge is 0.337 e. The van der Waals surface area contributed by atoms with E-state index in [9.17, 15) is 4.79 Å². The molecule has 1 aromatic carbocycles. The molecule has 0 aliphatic heterocycles. The van der Waals surface area contributed by atoms with Crippen LogP contribution in [-0.2, 0) is 6.54 Å². The van der Waals surface area contributed by atoms with Crippen molar-refractivity contribution >= 4 is 17.7 Å². The van der Waals surface area contributed by atoms with Crippen molar-refractivity contribution in [3.05, 3.63) is 54.2 Å². The number of carbonyl (C=O) groups is 1. The zero-order valence-electron chi connectivity index (χ0n) is 13.2. The van der Waals surface area contributed by atoms with Crippen LogP contribution in [0, 0.1) is 0 Å². The highest BCUT2D eigenvalue weighted by atomic mass is 32.2. The van der Waals surface area contributed by atoms with Crippen LogP contribution in [0.2, 0.25) is 0 Å². The molecule has 122 valence electrons. The molecule has 2 heterocycles. The van der Waals surface area contributed by atoms with Gasteiger partial charge in [-0.25, -0.2) is 9.97 Å². The number of rotatable bonds is 5. The summed E-state index contributed by atoms with van der Waals surface area (Å²) >= 11 is 1.42. The van der Waals surface area contributed by atoms with Gasteiger partial charge in [0.15, 0.2) is 5.16 Å². The van der Waals surface area contributed by atoms with Gasteiger partial charge in [-0.2, -0.15) is 4.98 Å². The molecule has 0 saturated carbocycles. The second-order valence-electron chi connectivity index (χ2n) is 5.00. The van der Waals surface area contributed by atoms with Crippen LogP contribution >= 0.6 is 11.8 Å². The summed E-state index contributed by atoms with van der Waals surface area (Å²) in [4.78, 5) is 26.4. The van der Waals surface area contributed by atoms with Crippen LogP contribution in [0.5, 0.6) is 0 Å². The molecular weight excluding hydrogens is 326 g/mol. The van der Waals surface area contributed by atoms with Crippen molar-refractivity contribution in [2.45, 2.75) is 11.7 Å². The van der Waals surface area contributed by atoms with Gasteiger partial charge in [0.05, 0.1) is 12.1 Å². The minimum atomic E-state index is -0.206. The van der Waals surface area contributed by atoms with E-state index >= 15 is 0 Å². The Balaban J connectivity index is 1.69. The molecule has 0 atom stereocenters. The monoisotopic (exact) mass is 341 g/mol. The molecule has 0 bridgehead atoms. The number of benzene rings is 1. The average molecular weight is 341 g/mol. The van der Waals surface area contributed by atoms with Crippen molar-refractivity contribution < 1.29 is 9.32 Å². The Kier molecular flexibility index (Phi) is 4.85. The van der Waals surface area contributed by atoms with Gasteiger partial charge in [-0.1, -0.05) is 47.3 Å². The average Bonchev–Trinajstić information content (AvgIpc) is 3.10. The second-order valence-corrected chi connectivity index (χ2v) is 5.77. The van der Waals surface area contributed by atoms with E-state index in [-0.39, 0.29) is 12.5 Å². The number of amides is 1. The lowest BCUT2D eigenvalue weighted by Gasteiger charge is -2.14. The van der Waals surface area contributed by atoms with Crippen LogP contribution in [0.1, 0.15) is 16.2 Å². The quantitative estimate of drug-likeness (QED) is 0.520. The first-order valence-electron chi connectivity index (χ1n) is 7.17. The molecule has 1 amide bonds. The molecule has 24 heavy (non-hydrogen) atoms. The normalized spacial score (nSPS) is 10.6. The second kappa shape index (κ2) is 7.22. The molecule has 7 nitrogen and oxygen atoms in total. The van der Waals surface area contributed by atoms with Gasteiger partial charge in [-0.05, 0) is 6.26 Å². The van der Waals surface area contributed by atoms with Crippen LogP contribution in [0.3, 0.4) is 0 Å². The molecule has 0 spiro atoms. The molecule has 0 radical (unpaired) electrons. The zero-order valence-corrected chi connectivity index (χ0v) is 14.0. The molecule has 0 fully saturated rings. The molecule has 2 aromatic heterocycles. The third kappa shape index (κ3) is 3.60. The van der Waals surface area contributed by atoms with Gasteiger partial charge in [-0.15, -0.1) is 0 Å². The molecule has 0 N–H and O–H groups in total. The third-order valence-electron chi connectivity index (χ3n) is 3.28. The fourth-order valence-corrected chi connectivity index (χ4v) is 2.37. The molecule has 0 unspecified atom stereocenters. The summed E-state index contributed by atoms with van der Waals surface area (Å²) in [6, 6.07) is 9.52. The maximum absolute atomic E-state index is 12.4. The summed E-state index contributed by atoms with van der Waals surface area (Å²) in [5.74, 6) is 0.660. The van der Waals surface area contributed by atoms with Gasteiger partial charge in [0, 0.05) is 25.0 Å². The maximum Gasteiger partial charge on any atom is 0.257 e. The van der Waals surface area contributed by atoms with Crippen molar-refractivity contribution in [1.29, 1.82) is 0 Å². The van der Waals surface area contributed by atoms with Crippen molar-refractivity contribution in [3.8, 4) is 11.4 Å². The molecule has 0 aliphatic carbocycles. The first-order chi connectivity index (χ1) is 11.7. The van der Waals surface area contributed by atoms with E-state index in [4.69, 9.17) is 4.52 Å². The van der Waals surface area contributed by atoms with Crippen LogP contribution in [0.4, 0.5) is 0 Å².